The minimum absolute atomic E-state index is 0.156. The highest BCUT2D eigenvalue weighted by atomic mass is 16.3. The predicted molar refractivity (Wildman–Crippen MR) is 121 cm³/mol. The molecule has 6 heteroatoms. The number of nitrogens with one attached hydrogen (secondary N) is 1. The number of likely N-dealkylation sites (N-methyl/N-ethyl adjacent to an activating group) is 1. The standard InChI is InChI=1S/C24H38N4O2/c1-17-5-7-20(8-6-17)25-24(2,3)23(30)28-15-18-13-21(22(29)14-19(18)16-28)27-11-9-26(4)10-12-27/h5-8,18-19,21-22,25,29H,9-16H2,1-4H3/t18-,19+,21-,22-/m1/s1. The lowest BCUT2D eigenvalue weighted by molar-refractivity contribution is -0.134. The summed E-state index contributed by atoms with van der Waals surface area (Å²) < 4.78 is 0. The molecule has 3 aliphatic rings. The van der Waals surface area contributed by atoms with Gasteiger partial charge in [-0.25, -0.2) is 0 Å². The Labute approximate surface area is 181 Å². The summed E-state index contributed by atoms with van der Waals surface area (Å²) in [5.41, 5.74) is 1.53. The third-order valence-electron chi connectivity index (χ3n) is 7.45. The van der Waals surface area contributed by atoms with E-state index in [9.17, 15) is 9.90 Å². The van der Waals surface area contributed by atoms with Crippen LogP contribution >= 0.6 is 0 Å². The number of likely N-dealkylation sites (tertiary alicyclic amines) is 1. The predicted octanol–water partition coefficient (Wildman–Crippen LogP) is 2.03. The smallest absolute Gasteiger partial charge is 0.247 e. The zero-order valence-electron chi connectivity index (χ0n) is 19.0. The minimum atomic E-state index is -0.655. The van der Waals surface area contributed by atoms with Crippen LogP contribution in [0.25, 0.3) is 0 Å². The van der Waals surface area contributed by atoms with Crippen molar-refractivity contribution in [2.45, 2.75) is 51.3 Å². The molecule has 0 aromatic heterocycles. The van der Waals surface area contributed by atoms with Crippen molar-refractivity contribution in [2.24, 2.45) is 11.8 Å². The second-order valence-electron chi connectivity index (χ2n) is 10.3. The first-order chi connectivity index (χ1) is 14.2. The molecule has 0 bridgehead atoms. The summed E-state index contributed by atoms with van der Waals surface area (Å²) in [6.07, 6.45) is 1.55. The van der Waals surface area contributed by atoms with Gasteiger partial charge in [-0.05, 0) is 64.6 Å². The number of piperazine rings is 1. The van der Waals surface area contributed by atoms with E-state index in [0.717, 1.165) is 57.8 Å². The lowest BCUT2D eigenvalue weighted by atomic mass is 9.77. The molecule has 4 rings (SSSR count). The van der Waals surface area contributed by atoms with Gasteiger partial charge >= 0.3 is 0 Å². The summed E-state index contributed by atoms with van der Waals surface area (Å²) in [6, 6.07) is 8.44. The fourth-order valence-corrected chi connectivity index (χ4v) is 5.57. The third kappa shape index (κ3) is 4.51. The summed E-state index contributed by atoms with van der Waals surface area (Å²) >= 11 is 0. The maximum Gasteiger partial charge on any atom is 0.247 e. The van der Waals surface area contributed by atoms with E-state index in [1.165, 1.54) is 5.56 Å². The lowest BCUT2D eigenvalue weighted by Gasteiger charge is -2.44. The Morgan fingerprint density at radius 3 is 2.27 bits per heavy atom. The molecule has 4 atom stereocenters. The van der Waals surface area contributed by atoms with Crippen molar-refractivity contribution in [3.8, 4) is 0 Å². The van der Waals surface area contributed by atoms with Crippen LogP contribution in [0.5, 0.6) is 0 Å². The summed E-state index contributed by atoms with van der Waals surface area (Å²) in [4.78, 5) is 20.2. The zero-order valence-corrected chi connectivity index (χ0v) is 19.0. The SMILES string of the molecule is Cc1ccc(NC(C)(C)C(=O)N2C[C@H]3C[C@@H](N4CCN(C)CC4)[C@H](O)C[C@H]3C2)cc1. The number of anilines is 1. The Balaban J connectivity index is 1.38. The molecule has 1 aromatic carbocycles. The first kappa shape index (κ1) is 21.6. The van der Waals surface area contributed by atoms with Crippen molar-refractivity contribution in [3.05, 3.63) is 29.8 Å². The van der Waals surface area contributed by atoms with Gasteiger partial charge in [0.25, 0.3) is 0 Å². The van der Waals surface area contributed by atoms with E-state index in [4.69, 9.17) is 0 Å². The average Bonchev–Trinajstić information content (AvgIpc) is 3.11. The van der Waals surface area contributed by atoms with Crippen LogP contribution in [-0.2, 0) is 4.79 Å². The van der Waals surface area contributed by atoms with Gasteiger partial charge in [0.05, 0.1) is 6.10 Å². The summed E-state index contributed by atoms with van der Waals surface area (Å²) in [5.74, 6) is 1.07. The summed E-state index contributed by atoms with van der Waals surface area (Å²) in [5, 5.41) is 14.3. The molecule has 0 spiro atoms. The number of carbonyl (C=O) groups excluding carboxylic acids is 1. The number of hydrogen-bond acceptors (Lipinski definition) is 5. The quantitative estimate of drug-likeness (QED) is 0.790. The Hall–Kier alpha value is -1.63. The average molecular weight is 415 g/mol. The molecule has 0 radical (unpaired) electrons. The van der Waals surface area contributed by atoms with E-state index in [-0.39, 0.29) is 18.1 Å². The summed E-state index contributed by atoms with van der Waals surface area (Å²) in [7, 11) is 2.16. The van der Waals surface area contributed by atoms with Crippen LogP contribution in [-0.4, -0.2) is 89.7 Å². The molecule has 2 saturated heterocycles. The molecule has 1 amide bonds. The second-order valence-corrected chi connectivity index (χ2v) is 10.3. The van der Waals surface area contributed by atoms with Gasteiger partial charge in [-0.3, -0.25) is 9.69 Å². The van der Waals surface area contributed by atoms with E-state index >= 15 is 0 Å². The number of nitrogens with zero attached hydrogens (tertiary/aromatic N) is 3. The molecule has 166 valence electrons. The van der Waals surface area contributed by atoms with Crippen LogP contribution in [0.4, 0.5) is 5.69 Å². The maximum atomic E-state index is 13.4. The van der Waals surface area contributed by atoms with E-state index in [1.807, 2.05) is 30.9 Å². The number of rotatable bonds is 4. The van der Waals surface area contributed by atoms with Crippen molar-refractivity contribution in [1.29, 1.82) is 0 Å². The lowest BCUT2D eigenvalue weighted by Crippen LogP contribution is -2.55. The van der Waals surface area contributed by atoms with Gasteiger partial charge in [0, 0.05) is 51.0 Å². The van der Waals surface area contributed by atoms with Crippen molar-refractivity contribution in [2.75, 3.05) is 51.6 Å². The highest BCUT2D eigenvalue weighted by Crippen LogP contribution is 2.39. The van der Waals surface area contributed by atoms with Gasteiger partial charge in [0.1, 0.15) is 5.54 Å². The maximum absolute atomic E-state index is 13.4. The van der Waals surface area contributed by atoms with Crippen LogP contribution in [0.3, 0.4) is 0 Å². The molecule has 2 aliphatic heterocycles. The normalized spacial score (nSPS) is 30.9. The van der Waals surface area contributed by atoms with Crippen LogP contribution in [0.15, 0.2) is 24.3 Å². The van der Waals surface area contributed by atoms with Gasteiger partial charge in [0.2, 0.25) is 5.91 Å². The van der Waals surface area contributed by atoms with Crippen LogP contribution in [0, 0.1) is 18.8 Å². The molecule has 30 heavy (non-hydrogen) atoms. The van der Waals surface area contributed by atoms with Gasteiger partial charge in [0.15, 0.2) is 0 Å². The first-order valence-corrected chi connectivity index (χ1v) is 11.5. The van der Waals surface area contributed by atoms with Crippen molar-refractivity contribution >= 4 is 11.6 Å². The fraction of sp³-hybridized carbons (Fsp3) is 0.708. The number of aliphatic hydroxyl groups is 1. The topological polar surface area (TPSA) is 59.1 Å². The number of hydrogen-bond donors (Lipinski definition) is 2. The Kier molecular flexibility index (Phi) is 6.11. The number of benzene rings is 1. The largest absolute Gasteiger partial charge is 0.391 e. The van der Waals surface area contributed by atoms with E-state index in [0.29, 0.717) is 11.8 Å². The molecule has 2 heterocycles. The zero-order chi connectivity index (χ0) is 21.5. The molecule has 1 saturated carbocycles. The molecular weight excluding hydrogens is 376 g/mol. The highest BCUT2D eigenvalue weighted by Gasteiger charge is 2.46. The number of aliphatic hydroxyl groups excluding tert-OH is 1. The van der Waals surface area contributed by atoms with Gasteiger partial charge in [-0.1, -0.05) is 17.7 Å². The molecule has 0 unspecified atom stereocenters. The monoisotopic (exact) mass is 414 g/mol. The van der Waals surface area contributed by atoms with Crippen LogP contribution in [0.1, 0.15) is 32.3 Å². The van der Waals surface area contributed by atoms with Gasteiger partial charge < -0.3 is 20.2 Å². The van der Waals surface area contributed by atoms with E-state index in [2.05, 4.69) is 41.2 Å². The molecule has 3 fully saturated rings. The highest BCUT2D eigenvalue weighted by molar-refractivity contribution is 5.88. The first-order valence-electron chi connectivity index (χ1n) is 11.5. The number of aryl methyl sites for hydroxylation is 1. The van der Waals surface area contributed by atoms with Crippen molar-refractivity contribution in [1.82, 2.24) is 14.7 Å². The van der Waals surface area contributed by atoms with Crippen LogP contribution in [0.2, 0.25) is 0 Å². The number of fused-ring (bicyclic) bond motifs is 1. The Bertz CT molecular complexity index is 742. The molecule has 1 aliphatic carbocycles. The molecule has 1 aromatic rings. The van der Waals surface area contributed by atoms with Crippen LogP contribution < -0.4 is 5.32 Å². The van der Waals surface area contributed by atoms with Gasteiger partial charge in [-0.15, -0.1) is 0 Å². The Morgan fingerprint density at radius 1 is 1.03 bits per heavy atom. The number of carbonyl (C=O) groups is 1. The number of amides is 1. The molecular formula is C24H38N4O2. The van der Waals surface area contributed by atoms with E-state index in [1.54, 1.807) is 0 Å². The molecule has 6 nitrogen and oxygen atoms in total. The molecule has 2 N–H and O–H groups in total. The fourth-order valence-electron chi connectivity index (χ4n) is 5.57. The van der Waals surface area contributed by atoms with Crippen molar-refractivity contribution in [3.63, 3.8) is 0 Å². The van der Waals surface area contributed by atoms with Crippen molar-refractivity contribution < 1.29 is 9.90 Å². The third-order valence-corrected chi connectivity index (χ3v) is 7.45. The second kappa shape index (κ2) is 8.48. The Morgan fingerprint density at radius 2 is 1.63 bits per heavy atom. The van der Waals surface area contributed by atoms with Gasteiger partial charge in [-0.2, -0.15) is 0 Å². The van der Waals surface area contributed by atoms with E-state index < -0.39 is 5.54 Å². The summed E-state index contributed by atoms with van der Waals surface area (Å²) in [6.45, 7) is 11.8. The minimum Gasteiger partial charge on any atom is -0.391 e.